The summed E-state index contributed by atoms with van der Waals surface area (Å²) in [5.74, 6) is -0.509. The molecule has 0 radical (unpaired) electrons. The molecule has 0 spiro atoms. The van der Waals surface area contributed by atoms with Crippen molar-refractivity contribution in [3.63, 3.8) is 0 Å². The monoisotopic (exact) mass is 478 g/mol. The largest absolute Gasteiger partial charge is 0.481 e. The maximum absolute atomic E-state index is 13.0. The molecule has 2 aliphatic carbocycles. The lowest BCUT2D eigenvalue weighted by molar-refractivity contribution is -0.137. The molecule has 4 rings (SSSR count). The summed E-state index contributed by atoms with van der Waals surface area (Å²) in [6.45, 7) is 4.46. The number of alkyl carbamates (subject to hydrolysis) is 1. The van der Waals surface area contributed by atoms with Crippen molar-refractivity contribution in [2.75, 3.05) is 6.61 Å². The summed E-state index contributed by atoms with van der Waals surface area (Å²) < 4.78 is 5.57. The van der Waals surface area contributed by atoms with Gasteiger partial charge in [0.25, 0.3) is 0 Å². The minimum absolute atomic E-state index is 0.00284. The SMILES string of the molecule is CC1CCC(NC(=O)C(CCC(=O)O)NC(=O)OCC2c3ccccc3-c3ccccc32)C(C)C1. The third-order valence-corrected chi connectivity index (χ3v) is 7.36. The van der Waals surface area contributed by atoms with Crippen molar-refractivity contribution in [3.05, 3.63) is 59.7 Å². The molecule has 1 fully saturated rings. The molecule has 2 amide bonds. The number of carboxylic acid groups (broad SMARTS) is 1. The van der Waals surface area contributed by atoms with Gasteiger partial charge in [0.15, 0.2) is 0 Å². The average molecular weight is 479 g/mol. The molecule has 0 aliphatic heterocycles. The second kappa shape index (κ2) is 10.9. The lowest BCUT2D eigenvalue weighted by Crippen LogP contribution is -2.52. The van der Waals surface area contributed by atoms with Crippen LogP contribution in [0.4, 0.5) is 4.79 Å². The Balaban J connectivity index is 1.39. The van der Waals surface area contributed by atoms with Gasteiger partial charge in [-0.25, -0.2) is 4.79 Å². The number of amides is 2. The van der Waals surface area contributed by atoms with Gasteiger partial charge in [-0.15, -0.1) is 0 Å². The van der Waals surface area contributed by atoms with Crippen LogP contribution in [0.3, 0.4) is 0 Å². The van der Waals surface area contributed by atoms with Crippen LogP contribution in [-0.4, -0.2) is 41.8 Å². The Kier molecular flexibility index (Phi) is 7.73. The predicted octanol–water partition coefficient (Wildman–Crippen LogP) is 4.70. The molecule has 7 nitrogen and oxygen atoms in total. The molecule has 0 bridgehead atoms. The van der Waals surface area contributed by atoms with Crippen LogP contribution in [0.5, 0.6) is 0 Å². The Morgan fingerprint density at radius 3 is 2.23 bits per heavy atom. The fraction of sp³-hybridized carbons (Fsp3) is 0.464. The van der Waals surface area contributed by atoms with Crippen molar-refractivity contribution in [1.82, 2.24) is 10.6 Å². The first-order chi connectivity index (χ1) is 16.8. The van der Waals surface area contributed by atoms with Gasteiger partial charge in [-0.05, 0) is 59.8 Å². The third-order valence-electron chi connectivity index (χ3n) is 7.36. The number of hydrogen-bond acceptors (Lipinski definition) is 4. The van der Waals surface area contributed by atoms with Crippen LogP contribution >= 0.6 is 0 Å². The second-order valence-electron chi connectivity index (χ2n) is 9.97. The van der Waals surface area contributed by atoms with E-state index >= 15 is 0 Å². The Morgan fingerprint density at radius 2 is 1.63 bits per heavy atom. The number of benzene rings is 2. The number of ether oxygens (including phenoxy) is 1. The highest BCUT2D eigenvalue weighted by Crippen LogP contribution is 2.44. The van der Waals surface area contributed by atoms with Crippen LogP contribution in [0.1, 0.15) is 63.0 Å². The second-order valence-corrected chi connectivity index (χ2v) is 9.97. The summed E-state index contributed by atoms with van der Waals surface area (Å²) in [4.78, 5) is 36.9. The lowest BCUT2D eigenvalue weighted by atomic mass is 9.80. The molecular formula is C28H34N2O5. The third kappa shape index (κ3) is 5.84. The number of aliphatic carboxylic acids is 1. The fourth-order valence-electron chi connectivity index (χ4n) is 5.48. The van der Waals surface area contributed by atoms with E-state index in [0.29, 0.717) is 11.8 Å². The van der Waals surface area contributed by atoms with Crippen LogP contribution in [-0.2, 0) is 14.3 Å². The van der Waals surface area contributed by atoms with Gasteiger partial charge in [0.05, 0.1) is 0 Å². The minimum atomic E-state index is -1.02. The van der Waals surface area contributed by atoms with E-state index in [-0.39, 0.29) is 37.3 Å². The first-order valence-electron chi connectivity index (χ1n) is 12.5. The standard InChI is InChI=1S/C28H34N2O5/c1-17-11-12-24(18(2)15-17)29-27(33)25(13-14-26(31)32)30-28(34)35-16-23-21-9-5-3-7-19(21)20-8-4-6-10-22(20)23/h3-10,17-18,23-25H,11-16H2,1-2H3,(H,29,33)(H,30,34)(H,31,32). The van der Waals surface area contributed by atoms with Crippen molar-refractivity contribution >= 4 is 18.0 Å². The smallest absolute Gasteiger partial charge is 0.407 e. The number of carbonyl (C=O) groups is 3. The molecule has 4 unspecified atom stereocenters. The van der Waals surface area contributed by atoms with Crippen molar-refractivity contribution in [2.45, 2.75) is 64.0 Å². The summed E-state index contributed by atoms with van der Waals surface area (Å²) >= 11 is 0. The molecule has 2 aliphatic rings. The predicted molar refractivity (Wildman–Crippen MR) is 133 cm³/mol. The number of carbonyl (C=O) groups excluding carboxylic acids is 2. The highest BCUT2D eigenvalue weighted by molar-refractivity contribution is 5.86. The molecule has 186 valence electrons. The van der Waals surface area contributed by atoms with Gasteiger partial charge in [0.1, 0.15) is 12.6 Å². The number of hydrogen-bond donors (Lipinski definition) is 3. The summed E-state index contributed by atoms with van der Waals surface area (Å²) in [6, 6.07) is 15.2. The minimum Gasteiger partial charge on any atom is -0.481 e. The van der Waals surface area contributed by atoms with E-state index < -0.39 is 18.1 Å². The van der Waals surface area contributed by atoms with E-state index in [2.05, 4.69) is 36.6 Å². The molecule has 7 heteroatoms. The Hall–Kier alpha value is -3.35. The van der Waals surface area contributed by atoms with E-state index in [1.54, 1.807) is 0 Å². The Bertz CT molecular complexity index is 1040. The average Bonchev–Trinajstić information content (AvgIpc) is 3.15. The molecule has 0 heterocycles. The molecular weight excluding hydrogens is 444 g/mol. The van der Waals surface area contributed by atoms with Crippen LogP contribution < -0.4 is 10.6 Å². The van der Waals surface area contributed by atoms with Gasteiger partial charge in [-0.2, -0.15) is 0 Å². The summed E-state index contributed by atoms with van der Waals surface area (Å²) in [7, 11) is 0. The molecule has 4 atom stereocenters. The zero-order valence-corrected chi connectivity index (χ0v) is 20.3. The van der Waals surface area contributed by atoms with Crippen LogP contribution in [0.15, 0.2) is 48.5 Å². The normalized spacial score (nSPS) is 21.9. The van der Waals surface area contributed by atoms with Crippen LogP contribution in [0, 0.1) is 11.8 Å². The van der Waals surface area contributed by atoms with Crippen molar-refractivity contribution in [2.24, 2.45) is 11.8 Å². The van der Waals surface area contributed by atoms with E-state index in [1.165, 1.54) is 0 Å². The first kappa shape index (κ1) is 24.8. The number of fused-ring (bicyclic) bond motifs is 3. The van der Waals surface area contributed by atoms with E-state index in [0.717, 1.165) is 41.5 Å². The summed E-state index contributed by atoms with van der Waals surface area (Å²) in [5, 5.41) is 14.8. The first-order valence-corrected chi connectivity index (χ1v) is 12.5. The van der Waals surface area contributed by atoms with E-state index in [4.69, 9.17) is 9.84 Å². The maximum Gasteiger partial charge on any atom is 0.407 e. The van der Waals surface area contributed by atoms with Gasteiger partial charge in [-0.1, -0.05) is 62.4 Å². The zero-order valence-electron chi connectivity index (χ0n) is 20.3. The number of nitrogens with one attached hydrogen (secondary N) is 2. The molecule has 1 saturated carbocycles. The summed E-state index contributed by atoms with van der Waals surface area (Å²) in [6.07, 6.45) is 2.01. The molecule has 3 N–H and O–H groups in total. The topological polar surface area (TPSA) is 105 Å². The summed E-state index contributed by atoms with van der Waals surface area (Å²) in [5.41, 5.74) is 4.46. The van der Waals surface area contributed by atoms with Crippen LogP contribution in [0.25, 0.3) is 11.1 Å². The molecule has 0 saturated heterocycles. The highest BCUT2D eigenvalue weighted by atomic mass is 16.5. The fourth-order valence-corrected chi connectivity index (χ4v) is 5.48. The van der Waals surface area contributed by atoms with Gasteiger partial charge in [0.2, 0.25) is 5.91 Å². The van der Waals surface area contributed by atoms with Crippen molar-refractivity contribution < 1.29 is 24.2 Å². The van der Waals surface area contributed by atoms with E-state index in [9.17, 15) is 14.4 Å². The van der Waals surface area contributed by atoms with Gasteiger partial charge in [0, 0.05) is 18.4 Å². The maximum atomic E-state index is 13.0. The van der Waals surface area contributed by atoms with Gasteiger partial charge < -0.3 is 20.5 Å². The molecule has 2 aromatic carbocycles. The highest BCUT2D eigenvalue weighted by Gasteiger charge is 2.32. The molecule has 35 heavy (non-hydrogen) atoms. The van der Waals surface area contributed by atoms with Crippen molar-refractivity contribution in [3.8, 4) is 11.1 Å². The molecule has 0 aromatic heterocycles. The van der Waals surface area contributed by atoms with Crippen LogP contribution in [0.2, 0.25) is 0 Å². The van der Waals surface area contributed by atoms with Gasteiger partial charge in [-0.3, -0.25) is 9.59 Å². The van der Waals surface area contributed by atoms with E-state index in [1.807, 2.05) is 36.4 Å². The molecule has 2 aromatic rings. The Labute approximate surface area is 206 Å². The lowest BCUT2D eigenvalue weighted by Gasteiger charge is -2.34. The van der Waals surface area contributed by atoms with Crippen molar-refractivity contribution in [1.29, 1.82) is 0 Å². The zero-order chi connectivity index (χ0) is 24.9. The van der Waals surface area contributed by atoms with Gasteiger partial charge >= 0.3 is 12.1 Å². The number of carboxylic acids is 1. The quantitative estimate of drug-likeness (QED) is 0.510. The number of rotatable bonds is 8. The Morgan fingerprint density at radius 1 is 1.00 bits per heavy atom.